The van der Waals surface area contributed by atoms with E-state index in [2.05, 4.69) is 10.6 Å². The first kappa shape index (κ1) is 15.6. The van der Waals surface area contributed by atoms with Crippen molar-refractivity contribution in [3.63, 3.8) is 0 Å². The predicted molar refractivity (Wildman–Crippen MR) is 84.1 cm³/mol. The molecule has 0 saturated carbocycles. The van der Waals surface area contributed by atoms with Crippen LogP contribution in [0.2, 0.25) is 0 Å². The summed E-state index contributed by atoms with van der Waals surface area (Å²) in [4.78, 5) is 10.1. The monoisotopic (exact) mass is 329 g/mol. The number of hydrogen-bond acceptors (Lipinski definition) is 5. The molecule has 114 valence electrons. The van der Waals surface area contributed by atoms with Crippen molar-refractivity contribution in [2.24, 2.45) is 5.92 Å². The number of nitrogens with zero attached hydrogens (tertiary/aromatic N) is 1. The molecule has 0 aromatic heterocycles. The van der Waals surface area contributed by atoms with E-state index in [1.165, 1.54) is 12.1 Å². The van der Waals surface area contributed by atoms with Crippen LogP contribution in [0.5, 0.6) is 0 Å². The Morgan fingerprint density at radius 1 is 1.38 bits per heavy atom. The highest BCUT2D eigenvalue weighted by atomic mass is 32.2. The number of sulfone groups is 1. The first-order valence-corrected chi connectivity index (χ1v) is 8.58. The molecule has 0 amide bonds. The number of rotatable bonds is 4. The summed E-state index contributed by atoms with van der Waals surface area (Å²) in [7, 11) is -2.88. The number of nitrogens with one attached hydrogen (secondary N) is 2. The van der Waals surface area contributed by atoms with Crippen LogP contribution in [0, 0.1) is 16.0 Å². The number of hydrogen-bond donors (Lipinski definition) is 2. The largest absolute Gasteiger partial charge is 0.362 e. The van der Waals surface area contributed by atoms with Crippen LogP contribution in [0.25, 0.3) is 0 Å². The summed E-state index contributed by atoms with van der Waals surface area (Å²) in [5.41, 5.74) is 0.646. The average Bonchev–Trinajstić information content (AvgIpc) is 2.77. The maximum absolute atomic E-state index is 11.3. The highest BCUT2D eigenvalue weighted by Crippen LogP contribution is 2.18. The lowest BCUT2D eigenvalue weighted by atomic mass is 10.1. The second-order valence-corrected chi connectivity index (χ2v) is 7.55. The first-order chi connectivity index (χ1) is 9.85. The number of thiocarbonyl (C=S) groups is 1. The van der Waals surface area contributed by atoms with Gasteiger partial charge in [-0.25, -0.2) is 8.42 Å². The van der Waals surface area contributed by atoms with Crippen LogP contribution in [0.4, 0.5) is 11.4 Å². The van der Waals surface area contributed by atoms with E-state index < -0.39 is 14.8 Å². The predicted octanol–water partition coefficient (Wildman–Crippen LogP) is 1.32. The number of nitro groups is 1. The van der Waals surface area contributed by atoms with Crippen molar-refractivity contribution >= 4 is 38.5 Å². The summed E-state index contributed by atoms with van der Waals surface area (Å²) in [5.74, 6) is 0.508. The number of non-ortho nitro benzene ring substituents is 1. The Bertz CT molecular complexity index is 643. The zero-order chi connectivity index (χ0) is 15.5. The molecule has 1 unspecified atom stereocenters. The minimum atomic E-state index is -2.88. The van der Waals surface area contributed by atoms with Crippen LogP contribution in [-0.4, -0.2) is 36.5 Å². The van der Waals surface area contributed by atoms with Crippen molar-refractivity contribution in [1.29, 1.82) is 0 Å². The molecule has 1 aliphatic rings. The van der Waals surface area contributed by atoms with Gasteiger partial charge >= 0.3 is 0 Å². The third-order valence-corrected chi connectivity index (χ3v) is 5.30. The molecular weight excluding hydrogens is 314 g/mol. The average molecular weight is 329 g/mol. The molecule has 1 aromatic carbocycles. The van der Waals surface area contributed by atoms with Crippen molar-refractivity contribution in [3.05, 3.63) is 34.4 Å². The van der Waals surface area contributed by atoms with Crippen LogP contribution < -0.4 is 10.6 Å². The zero-order valence-electron chi connectivity index (χ0n) is 11.1. The van der Waals surface area contributed by atoms with Crippen molar-refractivity contribution in [3.8, 4) is 0 Å². The maximum atomic E-state index is 11.3. The van der Waals surface area contributed by atoms with Crippen molar-refractivity contribution < 1.29 is 13.3 Å². The standard InChI is InChI=1S/C12H15N3O4S2/c16-15(17)11-3-1-10(2-4-11)14-12(20)13-7-9-5-6-21(18,19)8-9/h1-4,9H,5-8H2,(H2,13,14,20). The lowest BCUT2D eigenvalue weighted by molar-refractivity contribution is -0.384. The molecule has 1 heterocycles. The fourth-order valence-electron chi connectivity index (χ4n) is 2.11. The van der Waals surface area contributed by atoms with E-state index in [-0.39, 0.29) is 23.1 Å². The van der Waals surface area contributed by atoms with Gasteiger partial charge in [-0.2, -0.15) is 0 Å². The Morgan fingerprint density at radius 2 is 2.05 bits per heavy atom. The van der Waals surface area contributed by atoms with Gasteiger partial charge in [0.15, 0.2) is 14.9 Å². The molecular formula is C12H15N3O4S2. The van der Waals surface area contributed by atoms with E-state index in [1.54, 1.807) is 12.1 Å². The summed E-state index contributed by atoms with van der Waals surface area (Å²) >= 11 is 5.11. The number of nitro benzene ring substituents is 1. The molecule has 0 aliphatic carbocycles. The fourth-order valence-corrected chi connectivity index (χ4v) is 4.17. The molecule has 9 heteroatoms. The van der Waals surface area contributed by atoms with E-state index in [0.29, 0.717) is 23.8 Å². The van der Waals surface area contributed by atoms with Crippen LogP contribution in [0.15, 0.2) is 24.3 Å². The van der Waals surface area contributed by atoms with Crippen molar-refractivity contribution in [2.75, 3.05) is 23.4 Å². The highest BCUT2D eigenvalue weighted by molar-refractivity contribution is 7.91. The molecule has 1 fully saturated rings. The van der Waals surface area contributed by atoms with Gasteiger partial charge in [0.05, 0.1) is 16.4 Å². The van der Waals surface area contributed by atoms with E-state index in [1.807, 2.05) is 0 Å². The van der Waals surface area contributed by atoms with Crippen LogP contribution >= 0.6 is 12.2 Å². The topological polar surface area (TPSA) is 101 Å². The summed E-state index contributed by atoms with van der Waals surface area (Å²) in [5, 5.41) is 16.8. The SMILES string of the molecule is O=[N+]([O-])c1ccc(NC(=S)NCC2CCS(=O)(=O)C2)cc1. The van der Waals surface area contributed by atoms with Gasteiger partial charge in [0.1, 0.15) is 0 Å². The third kappa shape index (κ3) is 4.64. The van der Waals surface area contributed by atoms with Crippen molar-refractivity contribution in [2.45, 2.75) is 6.42 Å². The Morgan fingerprint density at radius 3 is 2.57 bits per heavy atom. The Balaban J connectivity index is 1.81. The Kier molecular flexibility index (Phi) is 4.73. The van der Waals surface area contributed by atoms with Gasteiger partial charge < -0.3 is 10.6 Å². The van der Waals surface area contributed by atoms with Gasteiger partial charge in [-0.15, -0.1) is 0 Å². The smallest absolute Gasteiger partial charge is 0.269 e. The normalized spacial score (nSPS) is 19.9. The Hall–Kier alpha value is -1.74. The van der Waals surface area contributed by atoms with Crippen LogP contribution in [0.3, 0.4) is 0 Å². The molecule has 21 heavy (non-hydrogen) atoms. The Labute approximate surface area is 127 Å². The van der Waals surface area contributed by atoms with Crippen LogP contribution in [0.1, 0.15) is 6.42 Å². The van der Waals surface area contributed by atoms with Crippen LogP contribution in [-0.2, 0) is 9.84 Å². The molecule has 1 saturated heterocycles. The summed E-state index contributed by atoms with van der Waals surface area (Å²) in [6.45, 7) is 0.498. The first-order valence-electron chi connectivity index (χ1n) is 6.35. The van der Waals surface area contributed by atoms with Gasteiger partial charge in [0, 0.05) is 24.4 Å². The van der Waals surface area contributed by atoms with Crippen molar-refractivity contribution in [1.82, 2.24) is 5.32 Å². The van der Waals surface area contributed by atoms with Gasteiger partial charge in [-0.1, -0.05) is 0 Å². The highest BCUT2D eigenvalue weighted by Gasteiger charge is 2.27. The van der Waals surface area contributed by atoms with E-state index in [0.717, 1.165) is 0 Å². The third-order valence-electron chi connectivity index (χ3n) is 3.21. The molecule has 1 aliphatic heterocycles. The summed E-state index contributed by atoms with van der Waals surface area (Å²) in [6, 6.07) is 5.89. The van der Waals surface area contributed by atoms with Gasteiger partial charge in [-0.05, 0) is 36.7 Å². The molecule has 7 nitrogen and oxygen atoms in total. The molecule has 1 aromatic rings. The fraction of sp³-hybridized carbons (Fsp3) is 0.417. The molecule has 0 radical (unpaired) electrons. The number of anilines is 1. The van der Waals surface area contributed by atoms with E-state index in [9.17, 15) is 18.5 Å². The molecule has 0 spiro atoms. The molecule has 0 bridgehead atoms. The minimum absolute atomic E-state index is 0.00981. The summed E-state index contributed by atoms with van der Waals surface area (Å²) in [6.07, 6.45) is 0.648. The summed E-state index contributed by atoms with van der Waals surface area (Å²) < 4.78 is 22.7. The number of benzene rings is 1. The minimum Gasteiger partial charge on any atom is -0.362 e. The van der Waals surface area contributed by atoms with E-state index in [4.69, 9.17) is 12.2 Å². The quantitative estimate of drug-likeness (QED) is 0.488. The molecule has 2 N–H and O–H groups in total. The van der Waals surface area contributed by atoms with Gasteiger partial charge in [0.2, 0.25) is 0 Å². The lowest BCUT2D eigenvalue weighted by Crippen LogP contribution is -2.33. The second-order valence-electron chi connectivity index (χ2n) is 4.91. The van der Waals surface area contributed by atoms with Gasteiger partial charge in [-0.3, -0.25) is 10.1 Å². The molecule has 2 rings (SSSR count). The second kappa shape index (κ2) is 6.35. The zero-order valence-corrected chi connectivity index (χ0v) is 12.7. The molecule has 1 atom stereocenters. The van der Waals surface area contributed by atoms with Gasteiger partial charge in [0.25, 0.3) is 5.69 Å². The maximum Gasteiger partial charge on any atom is 0.269 e. The lowest BCUT2D eigenvalue weighted by Gasteiger charge is -2.13. The van der Waals surface area contributed by atoms with E-state index >= 15 is 0 Å².